The molecule has 1 saturated heterocycles. The van der Waals surface area contributed by atoms with Crippen LogP contribution in [-0.2, 0) is 28.0 Å². The molecule has 0 spiro atoms. The third-order valence-corrected chi connectivity index (χ3v) is 7.73. The van der Waals surface area contributed by atoms with Crippen LogP contribution in [0.5, 0.6) is 11.5 Å². The molecule has 0 aromatic heterocycles. The molecule has 2 bridgehead atoms. The molecule has 1 heterocycles. The Morgan fingerprint density at radius 1 is 1.12 bits per heavy atom. The molecule has 2 aliphatic carbocycles. The van der Waals surface area contributed by atoms with Gasteiger partial charge in [-0.1, -0.05) is 29.8 Å². The van der Waals surface area contributed by atoms with Crippen molar-refractivity contribution in [3.05, 3.63) is 69.9 Å². The zero-order chi connectivity index (χ0) is 22.5. The second-order valence-corrected chi connectivity index (χ2v) is 9.50. The Hall–Kier alpha value is -2.54. The summed E-state index contributed by atoms with van der Waals surface area (Å²) >= 11 is 6.04. The maximum Gasteiger partial charge on any atom is 0.197 e. The fourth-order valence-corrected chi connectivity index (χ4v) is 6.01. The Labute approximate surface area is 199 Å². The van der Waals surface area contributed by atoms with E-state index in [1.165, 1.54) is 5.56 Å². The number of likely N-dealkylation sites (N-methyl/N-ethyl adjacent to an activating group) is 1. The molecule has 3 atom stereocenters. The van der Waals surface area contributed by atoms with Crippen molar-refractivity contribution in [3.63, 3.8) is 0 Å². The van der Waals surface area contributed by atoms with Crippen molar-refractivity contribution in [2.75, 3.05) is 27.8 Å². The molecule has 3 aliphatic rings. The van der Waals surface area contributed by atoms with Gasteiger partial charge >= 0.3 is 0 Å². The van der Waals surface area contributed by atoms with Crippen LogP contribution in [-0.4, -0.2) is 50.0 Å². The standard InChI is InChI=1S/C26H28ClNO4.H2O/c1-28-11-10-26-14-21(29)23(31-3)13-19(26)20(28)12-17-6-9-22(30-2)25(24(17)26)32-15-16-4-7-18(27)8-5-16;/h4-9,13,19-20H,10-12,14-15H2,1-3H3;1H2/t19-,20+,26-;/m1./s1. The van der Waals surface area contributed by atoms with E-state index in [9.17, 15) is 4.79 Å². The minimum absolute atomic E-state index is 0. The number of methoxy groups -OCH3 is 2. The number of halogens is 1. The third kappa shape index (κ3) is 3.80. The van der Waals surface area contributed by atoms with Crippen molar-refractivity contribution in [3.8, 4) is 11.5 Å². The fraction of sp³-hybridized carbons (Fsp3) is 0.423. The predicted octanol–water partition coefficient (Wildman–Crippen LogP) is 3.72. The Morgan fingerprint density at radius 3 is 2.58 bits per heavy atom. The Balaban J connectivity index is 0.00000259. The number of carbonyl (C=O) groups is 1. The third-order valence-electron chi connectivity index (χ3n) is 7.48. The van der Waals surface area contributed by atoms with Gasteiger partial charge in [-0.15, -0.1) is 0 Å². The van der Waals surface area contributed by atoms with Crippen LogP contribution in [0.25, 0.3) is 0 Å². The molecule has 1 fully saturated rings. The predicted molar refractivity (Wildman–Crippen MR) is 127 cm³/mol. The number of hydrogen-bond donors (Lipinski definition) is 0. The minimum Gasteiger partial charge on any atom is -0.493 e. The quantitative estimate of drug-likeness (QED) is 0.664. The number of fused-ring (bicyclic) bond motifs is 1. The first-order chi connectivity index (χ1) is 15.5. The van der Waals surface area contributed by atoms with E-state index < -0.39 is 0 Å². The number of Topliss-reactive ketones (excluding diaryl/α,β-unsaturated/α-hetero) is 1. The summed E-state index contributed by atoms with van der Waals surface area (Å²) in [6, 6.07) is 12.1. The van der Waals surface area contributed by atoms with Gasteiger partial charge in [-0.3, -0.25) is 4.79 Å². The normalized spacial score (nSPS) is 25.8. The van der Waals surface area contributed by atoms with E-state index in [1.54, 1.807) is 14.2 Å². The molecule has 0 unspecified atom stereocenters. The average molecular weight is 472 g/mol. The van der Waals surface area contributed by atoms with Crippen LogP contribution in [0.1, 0.15) is 29.5 Å². The summed E-state index contributed by atoms with van der Waals surface area (Å²) in [6.45, 7) is 1.35. The van der Waals surface area contributed by atoms with Crippen LogP contribution in [0.4, 0.5) is 0 Å². The summed E-state index contributed by atoms with van der Waals surface area (Å²) in [5.41, 5.74) is 3.10. The number of piperidine rings is 1. The maximum atomic E-state index is 13.1. The van der Waals surface area contributed by atoms with Gasteiger partial charge in [-0.25, -0.2) is 0 Å². The lowest BCUT2D eigenvalue weighted by molar-refractivity contribution is -0.122. The van der Waals surface area contributed by atoms with Gasteiger partial charge in [0.15, 0.2) is 23.0 Å². The van der Waals surface area contributed by atoms with E-state index in [0.717, 1.165) is 36.3 Å². The zero-order valence-electron chi connectivity index (χ0n) is 19.2. The summed E-state index contributed by atoms with van der Waals surface area (Å²) in [5, 5.41) is 0.698. The second-order valence-electron chi connectivity index (χ2n) is 9.07. The fourth-order valence-electron chi connectivity index (χ4n) is 5.89. The smallest absolute Gasteiger partial charge is 0.197 e. The second kappa shape index (κ2) is 9.01. The molecule has 0 saturated carbocycles. The summed E-state index contributed by atoms with van der Waals surface area (Å²) in [6.07, 6.45) is 4.29. The largest absolute Gasteiger partial charge is 0.493 e. The number of carbonyl (C=O) groups excluding carboxylic acids is 1. The van der Waals surface area contributed by atoms with E-state index in [2.05, 4.69) is 24.1 Å². The van der Waals surface area contributed by atoms with Crippen LogP contribution in [0.15, 0.2) is 48.2 Å². The number of hydrogen-bond acceptors (Lipinski definition) is 5. The van der Waals surface area contributed by atoms with Crippen molar-refractivity contribution in [1.29, 1.82) is 0 Å². The molecule has 0 radical (unpaired) electrons. The number of allylic oxidation sites excluding steroid dienone is 1. The SMILES string of the molecule is COC1=C[C@@H]2[C@@H]3Cc4ccc(OC)c(OCc5ccc(Cl)cc5)c4[C@]2(CCN3C)CC1=O.O. The molecular formula is C26H30ClNO5. The van der Waals surface area contributed by atoms with Gasteiger partial charge in [-0.2, -0.15) is 0 Å². The van der Waals surface area contributed by atoms with E-state index in [-0.39, 0.29) is 22.6 Å². The van der Waals surface area contributed by atoms with Crippen LogP contribution < -0.4 is 9.47 Å². The number of benzene rings is 2. The molecule has 176 valence electrons. The number of nitrogens with zero attached hydrogens (tertiary/aromatic N) is 1. The lowest BCUT2D eigenvalue weighted by atomic mass is 9.53. The molecule has 33 heavy (non-hydrogen) atoms. The zero-order valence-corrected chi connectivity index (χ0v) is 19.9. The highest BCUT2D eigenvalue weighted by Gasteiger charge is 2.56. The first-order valence-corrected chi connectivity index (χ1v) is 11.4. The molecule has 2 aromatic carbocycles. The van der Waals surface area contributed by atoms with Gasteiger partial charge in [0.2, 0.25) is 0 Å². The van der Waals surface area contributed by atoms with Crippen LogP contribution >= 0.6 is 11.6 Å². The molecule has 2 N–H and O–H groups in total. The van der Waals surface area contributed by atoms with E-state index in [0.29, 0.717) is 35.6 Å². The highest BCUT2D eigenvalue weighted by Crippen LogP contribution is 2.58. The van der Waals surface area contributed by atoms with Crippen molar-refractivity contribution < 1.29 is 24.5 Å². The molecule has 5 rings (SSSR count). The monoisotopic (exact) mass is 471 g/mol. The molecule has 2 aromatic rings. The number of rotatable bonds is 5. The average Bonchev–Trinajstić information content (AvgIpc) is 2.80. The summed E-state index contributed by atoms with van der Waals surface area (Å²) in [7, 11) is 5.43. The van der Waals surface area contributed by atoms with Crippen LogP contribution in [0.2, 0.25) is 5.02 Å². The molecular weight excluding hydrogens is 442 g/mol. The lowest BCUT2D eigenvalue weighted by Crippen LogP contribution is -2.60. The van der Waals surface area contributed by atoms with Gasteiger partial charge in [0, 0.05) is 34.4 Å². The summed E-state index contributed by atoms with van der Waals surface area (Å²) in [5.74, 6) is 2.20. The van der Waals surface area contributed by atoms with Crippen LogP contribution in [0.3, 0.4) is 0 Å². The number of ketones is 1. The molecule has 0 amide bonds. The highest BCUT2D eigenvalue weighted by atomic mass is 35.5. The summed E-state index contributed by atoms with van der Waals surface area (Å²) < 4.78 is 17.7. The van der Waals surface area contributed by atoms with E-state index in [1.807, 2.05) is 30.3 Å². The first kappa shape index (κ1) is 23.6. The molecule has 1 aliphatic heterocycles. The van der Waals surface area contributed by atoms with Gasteiger partial charge in [-0.05, 0) is 61.8 Å². The van der Waals surface area contributed by atoms with Crippen molar-refractivity contribution in [1.82, 2.24) is 4.90 Å². The molecule has 6 nitrogen and oxygen atoms in total. The van der Waals surface area contributed by atoms with Crippen molar-refractivity contribution in [2.24, 2.45) is 5.92 Å². The van der Waals surface area contributed by atoms with Crippen molar-refractivity contribution in [2.45, 2.75) is 37.3 Å². The number of ether oxygens (including phenoxy) is 3. The highest BCUT2D eigenvalue weighted by molar-refractivity contribution is 6.30. The first-order valence-electron chi connectivity index (χ1n) is 11.0. The Morgan fingerprint density at radius 2 is 1.88 bits per heavy atom. The topological polar surface area (TPSA) is 79.5 Å². The van der Waals surface area contributed by atoms with Gasteiger partial charge in [0.25, 0.3) is 0 Å². The number of likely N-dealkylation sites (tertiary alicyclic amines) is 1. The van der Waals surface area contributed by atoms with Crippen LogP contribution in [0, 0.1) is 5.92 Å². The van der Waals surface area contributed by atoms with Gasteiger partial charge in [0.1, 0.15) is 6.61 Å². The van der Waals surface area contributed by atoms with Gasteiger partial charge < -0.3 is 24.6 Å². The van der Waals surface area contributed by atoms with Gasteiger partial charge in [0.05, 0.1) is 14.2 Å². The molecule has 7 heteroatoms. The minimum atomic E-state index is -0.312. The summed E-state index contributed by atoms with van der Waals surface area (Å²) in [4.78, 5) is 15.5. The Kier molecular flexibility index (Phi) is 6.45. The van der Waals surface area contributed by atoms with E-state index >= 15 is 0 Å². The maximum absolute atomic E-state index is 13.1. The van der Waals surface area contributed by atoms with Crippen molar-refractivity contribution >= 4 is 17.4 Å². The van der Waals surface area contributed by atoms with E-state index in [4.69, 9.17) is 25.8 Å². The lowest BCUT2D eigenvalue weighted by Gasteiger charge is -2.56. The Bertz CT molecular complexity index is 1080.